The van der Waals surface area contributed by atoms with Gasteiger partial charge in [0.05, 0.1) is 17.3 Å². The Hall–Kier alpha value is -1.67. The first-order valence-corrected chi connectivity index (χ1v) is 9.24. The van der Waals surface area contributed by atoms with Crippen molar-refractivity contribution in [1.29, 1.82) is 0 Å². The number of benzene rings is 1. The summed E-state index contributed by atoms with van der Waals surface area (Å²) in [5.41, 5.74) is 3.36. The van der Waals surface area contributed by atoms with Crippen LogP contribution >= 0.6 is 31.9 Å². The van der Waals surface area contributed by atoms with Gasteiger partial charge in [0.2, 0.25) is 4.62 Å². The minimum atomic E-state index is -4.01. The third-order valence-corrected chi connectivity index (χ3v) is 5.85. The molecule has 2 aliphatic heterocycles. The minimum Gasteiger partial charge on any atom is -0.496 e. The number of halogens is 4. The van der Waals surface area contributed by atoms with Gasteiger partial charge in [0.1, 0.15) is 5.75 Å². The minimum absolute atomic E-state index is 0.336. The summed E-state index contributed by atoms with van der Waals surface area (Å²) in [6, 6.07) is 9.10. The van der Waals surface area contributed by atoms with Crippen LogP contribution in [0.25, 0.3) is 5.57 Å². The standard InChI is InChI=1S/C17H13BBr2F2N2O/c1-10-4-3-5-11(17(10)25-2)16-12-6-8-14(19)23(12)18(21,22)24-13(16)7-9-15(24)20/h3-9H,1-2H3. The molecule has 0 amide bonds. The summed E-state index contributed by atoms with van der Waals surface area (Å²) in [5, 5.41) is 0. The Balaban J connectivity index is 2.14. The van der Waals surface area contributed by atoms with Gasteiger partial charge in [0, 0.05) is 39.3 Å². The van der Waals surface area contributed by atoms with Crippen LogP contribution in [0.4, 0.5) is 8.63 Å². The van der Waals surface area contributed by atoms with Gasteiger partial charge in [-0.2, -0.15) is 0 Å². The number of aryl methyl sites for hydroxylation is 1. The lowest BCUT2D eigenvalue weighted by Gasteiger charge is -2.32. The van der Waals surface area contributed by atoms with E-state index in [2.05, 4.69) is 31.9 Å². The molecule has 0 saturated carbocycles. The third kappa shape index (κ3) is 2.23. The fourth-order valence-corrected chi connectivity index (χ4v) is 4.67. The highest BCUT2D eigenvalue weighted by Gasteiger charge is 2.54. The zero-order chi connectivity index (χ0) is 17.9. The SMILES string of the molecule is COc1c(C)cccc1C1=C2C=CC(Br)=[N+]2[B-](F)(F)n2c(Br)ccc21. The van der Waals surface area contributed by atoms with E-state index in [1.165, 1.54) is 0 Å². The predicted octanol–water partition coefficient (Wildman–Crippen LogP) is 4.94. The van der Waals surface area contributed by atoms with E-state index in [1.54, 1.807) is 31.4 Å². The molecule has 0 fully saturated rings. The first-order valence-electron chi connectivity index (χ1n) is 7.65. The van der Waals surface area contributed by atoms with Crippen molar-refractivity contribution in [3.05, 3.63) is 69.6 Å². The number of allylic oxidation sites excluding steroid dienone is 2. The second-order valence-corrected chi connectivity index (χ2v) is 7.57. The van der Waals surface area contributed by atoms with Gasteiger partial charge in [0.15, 0.2) is 5.70 Å². The molecular weight excluding hydrogens is 457 g/mol. The molecule has 0 spiro atoms. The van der Waals surface area contributed by atoms with E-state index in [1.807, 2.05) is 25.1 Å². The number of methoxy groups -OCH3 is 1. The Morgan fingerprint density at radius 1 is 1.12 bits per heavy atom. The lowest BCUT2D eigenvalue weighted by molar-refractivity contribution is -0.358. The second kappa shape index (κ2) is 5.67. The van der Waals surface area contributed by atoms with Crippen molar-refractivity contribution in [2.24, 2.45) is 0 Å². The van der Waals surface area contributed by atoms with Crippen LogP contribution in [0.1, 0.15) is 16.8 Å². The molecule has 25 heavy (non-hydrogen) atoms. The molecule has 4 rings (SSSR count). The lowest BCUT2D eigenvalue weighted by atomic mass is 9.86. The number of para-hydroxylation sites is 1. The molecule has 0 radical (unpaired) electrons. The topological polar surface area (TPSA) is 17.2 Å². The van der Waals surface area contributed by atoms with Crippen LogP contribution in [0.5, 0.6) is 5.75 Å². The van der Waals surface area contributed by atoms with Crippen molar-refractivity contribution in [2.45, 2.75) is 6.92 Å². The number of hydrogen-bond acceptors (Lipinski definition) is 1. The summed E-state index contributed by atoms with van der Waals surface area (Å²) in [6.45, 7) is -2.07. The molecule has 2 aromatic rings. The van der Waals surface area contributed by atoms with Crippen LogP contribution in [-0.2, 0) is 0 Å². The molecule has 0 saturated heterocycles. The predicted molar refractivity (Wildman–Crippen MR) is 103 cm³/mol. The zero-order valence-electron chi connectivity index (χ0n) is 13.4. The van der Waals surface area contributed by atoms with E-state index in [0.717, 1.165) is 20.1 Å². The summed E-state index contributed by atoms with van der Waals surface area (Å²) < 4.78 is 38.8. The molecule has 0 bridgehead atoms. The van der Waals surface area contributed by atoms with E-state index >= 15 is 8.63 Å². The van der Waals surface area contributed by atoms with Gasteiger partial charge in [-0.3, -0.25) is 0 Å². The van der Waals surface area contributed by atoms with Crippen LogP contribution in [-0.4, -0.2) is 27.7 Å². The maximum absolute atomic E-state index is 15.2. The highest BCUT2D eigenvalue weighted by atomic mass is 79.9. The van der Waals surface area contributed by atoms with Gasteiger partial charge in [-0.25, -0.2) is 0 Å². The molecule has 1 aromatic heterocycles. The van der Waals surface area contributed by atoms with Crippen LogP contribution in [0.2, 0.25) is 0 Å². The normalized spacial score (nSPS) is 17.8. The van der Waals surface area contributed by atoms with Crippen molar-refractivity contribution in [3.8, 4) is 5.75 Å². The number of ether oxygens (including phenoxy) is 1. The monoisotopic (exact) mass is 468 g/mol. The molecule has 0 N–H and O–H groups in total. The van der Waals surface area contributed by atoms with Gasteiger partial charge in [0.25, 0.3) is 0 Å². The first kappa shape index (κ1) is 16.8. The average Bonchev–Trinajstić information content (AvgIpc) is 3.13. The Bertz CT molecular complexity index is 1010. The highest BCUT2D eigenvalue weighted by molar-refractivity contribution is 9.18. The maximum atomic E-state index is 15.2. The molecular formula is C17H13BBr2F2N2O. The maximum Gasteiger partial charge on any atom is 0.738 e. The van der Waals surface area contributed by atoms with E-state index in [4.69, 9.17) is 4.74 Å². The van der Waals surface area contributed by atoms with Crippen molar-refractivity contribution < 1.29 is 17.9 Å². The first-order chi connectivity index (χ1) is 11.9. The molecule has 2 aliphatic rings. The fourth-order valence-electron chi connectivity index (χ4n) is 3.53. The van der Waals surface area contributed by atoms with Crippen LogP contribution in [0.3, 0.4) is 0 Å². The number of hydrogen-bond donors (Lipinski definition) is 0. The van der Waals surface area contributed by atoms with Gasteiger partial charge in [-0.1, -0.05) is 18.2 Å². The van der Waals surface area contributed by atoms with Crippen molar-refractivity contribution in [1.82, 2.24) is 4.48 Å². The highest BCUT2D eigenvalue weighted by Crippen LogP contribution is 2.44. The smallest absolute Gasteiger partial charge is 0.496 e. The Morgan fingerprint density at radius 2 is 1.88 bits per heavy atom. The molecule has 1 aromatic carbocycles. The summed E-state index contributed by atoms with van der Waals surface area (Å²) in [6.07, 6.45) is 3.36. The Kier molecular flexibility index (Phi) is 3.81. The fraction of sp³-hybridized carbons (Fsp3) is 0.118. The zero-order valence-corrected chi connectivity index (χ0v) is 16.6. The van der Waals surface area contributed by atoms with Crippen molar-refractivity contribution >= 4 is 49.0 Å². The van der Waals surface area contributed by atoms with Crippen molar-refractivity contribution in [3.63, 3.8) is 0 Å². The van der Waals surface area contributed by atoms with E-state index in [0.29, 0.717) is 31.9 Å². The van der Waals surface area contributed by atoms with Crippen LogP contribution in [0, 0.1) is 6.92 Å². The largest absolute Gasteiger partial charge is 0.738 e. The van der Waals surface area contributed by atoms with Crippen LogP contribution in [0.15, 0.2) is 52.8 Å². The molecule has 128 valence electrons. The van der Waals surface area contributed by atoms with Gasteiger partial charge < -0.3 is 22.3 Å². The summed E-state index contributed by atoms with van der Waals surface area (Å²) in [5.74, 6) is 0.683. The Labute approximate surface area is 160 Å². The molecule has 0 atom stereocenters. The summed E-state index contributed by atoms with van der Waals surface area (Å²) in [7, 11) is 1.59. The number of rotatable bonds is 2. The van der Waals surface area contributed by atoms with Crippen molar-refractivity contribution in [2.75, 3.05) is 7.11 Å². The van der Waals surface area contributed by atoms with Gasteiger partial charge in [-0.15, -0.1) is 0 Å². The number of fused-ring (bicyclic) bond motifs is 2. The summed E-state index contributed by atoms with van der Waals surface area (Å²) >= 11 is 6.54. The lowest BCUT2D eigenvalue weighted by Crippen LogP contribution is -2.50. The van der Waals surface area contributed by atoms with E-state index < -0.39 is 6.97 Å². The quantitative estimate of drug-likeness (QED) is 0.569. The van der Waals surface area contributed by atoms with Crippen LogP contribution < -0.4 is 4.74 Å². The molecule has 3 nitrogen and oxygen atoms in total. The second-order valence-electron chi connectivity index (χ2n) is 5.94. The van der Waals surface area contributed by atoms with Gasteiger partial charge in [-0.05, 0) is 40.5 Å². The van der Waals surface area contributed by atoms with E-state index in [9.17, 15) is 0 Å². The van der Waals surface area contributed by atoms with E-state index in [-0.39, 0.29) is 0 Å². The molecule has 0 unspecified atom stereocenters. The summed E-state index contributed by atoms with van der Waals surface area (Å²) in [4.78, 5) is 0. The third-order valence-electron chi connectivity index (χ3n) is 4.56. The number of nitrogens with zero attached hydrogens (tertiary/aromatic N) is 2. The molecule has 8 heteroatoms. The van der Waals surface area contributed by atoms with Gasteiger partial charge >= 0.3 is 6.97 Å². The Morgan fingerprint density at radius 3 is 2.60 bits per heavy atom. The average molecular weight is 470 g/mol. The number of aromatic nitrogens is 1. The molecule has 3 heterocycles. The molecule has 0 aliphatic carbocycles.